The number of nitrogens with zero attached hydrogens (tertiary/aromatic N) is 2. The van der Waals surface area contributed by atoms with Gasteiger partial charge in [0.2, 0.25) is 0 Å². The summed E-state index contributed by atoms with van der Waals surface area (Å²) in [5.74, 6) is -0.380. The van der Waals surface area contributed by atoms with Crippen LogP contribution in [0, 0.1) is 0 Å². The smallest absolute Gasteiger partial charge is 0.338 e. The number of esters is 1. The Bertz CT molecular complexity index is 713. The fraction of sp³-hybridized carbons (Fsp3) is 0.312. The number of ether oxygens (including phenoxy) is 1. The Balaban J connectivity index is 1.88. The van der Waals surface area contributed by atoms with Crippen molar-refractivity contribution in [1.82, 2.24) is 14.9 Å². The highest BCUT2D eigenvalue weighted by atomic mass is 32.2. The van der Waals surface area contributed by atoms with Gasteiger partial charge in [0.05, 0.1) is 30.6 Å². The topological polar surface area (TPSA) is 85.2 Å². The van der Waals surface area contributed by atoms with Crippen LogP contribution in [0.4, 0.5) is 10.5 Å². The van der Waals surface area contributed by atoms with Crippen LogP contribution in [0.25, 0.3) is 0 Å². The third-order valence-corrected chi connectivity index (χ3v) is 4.05. The Labute approximate surface area is 144 Å². The summed E-state index contributed by atoms with van der Waals surface area (Å²) in [6.45, 7) is 2.45. The van der Waals surface area contributed by atoms with E-state index in [1.54, 1.807) is 49.1 Å². The van der Waals surface area contributed by atoms with Gasteiger partial charge in [-0.05, 0) is 37.4 Å². The standard InChI is InChI=1S/C16H20N4O3S/c1-4-23-14(21)11-5-7-12(8-6-11)19-15(22)17-9-13-10-18-16(24-3)20(13)2/h5-8,10H,4,9H2,1-3H3,(H2,17,19,22). The monoisotopic (exact) mass is 348 g/mol. The third-order valence-electron chi connectivity index (χ3n) is 3.31. The van der Waals surface area contributed by atoms with Gasteiger partial charge in [0.25, 0.3) is 0 Å². The van der Waals surface area contributed by atoms with Crippen molar-refractivity contribution in [1.29, 1.82) is 0 Å². The predicted molar refractivity (Wildman–Crippen MR) is 93.2 cm³/mol. The number of carbonyl (C=O) groups is 2. The predicted octanol–water partition coefficient (Wildman–Crippen LogP) is 2.64. The quantitative estimate of drug-likeness (QED) is 0.619. The van der Waals surface area contributed by atoms with Gasteiger partial charge in [-0.3, -0.25) is 0 Å². The first kappa shape index (κ1) is 17.9. The molecule has 0 unspecified atom stereocenters. The highest BCUT2D eigenvalue weighted by Crippen LogP contribution is 2.14. The number of carbonyl (C=O) groups excluding carboxylic acids is 2. The number of urea groups is 1. The van der Waals surface area contributed by atoms with Crippen molar-refractivity contribution in [2.75, 3.05) is 18.2 Å². The summed E-state index contributed by atoms with van der Waals surface area (Å²) in [5.41, 5.74) is 1.95. The normalized spacial score (nSPS) is 10.3. The third kappa shape index (κ3) is 4.51. The van der Waals surface area contributed by atoms with Crippen LogP contribution in [0.3, 0.4) is 0 Å². The average Bonchev–Trinajstić information content (AvgIpc) is 2.94. The van der Waals surface area contributed by atoms with Crippen molar-refractivity contribution in [2.45, 2.75) is 18.6 Å². The first-order valence-corrected chi connectivity index (χ1v) is 8.64. The minimum atomic E-state index is -0.380. The molecule has 24 heavy (non-hydrogen) atoms. The van der Waals surface area contributed by atoms with Crippen LogP contribution in [0.5, 0.6) is 0 Å². The molecule has 0 aliphatic heterocycles. The molecule has 0 atom stereocenters. The van der Waals surface area contributed by atoms with E-state index in [9.17, 15) is 9.59 Å². The van der Waals surface area contributed by atoms with E-state index in [0.717, 1.165) is 10.9 Å². The number of rotatable bonds is 6. The highest BCUT2D eigenvalue weighted by Gasteiger charge is 2.09. The fourth-order valence-electron chi connectivity index (χ4n) is 2.03. The summed E-state index contributed by atoms with van der Waals surface area (Å²) in [5, 5.41) is 6.38. The van der Waals surface area contributed by atoms with Crippen molar-refractivity contribution in [3.63, 3.8) is 0 Å². The number of nitrogens with one attached hydrogen (secondary N) is 2. The largest absolute Gasteiger partial charge is 0.462 e. The number of aromatic nitrogens is 2. The molecule has 0 spiro atoms. The fourth-order valence-corrected chi connectivity index (χ4v) is 2.58. The van der Waals surface area contributed by atoms with Gasteiger partial charge < -0.3 is 19.9 Å². The molecule has 0 aliphatic rings. The van der Waals surface area contributed by atoms with Crippen LogP contribution in [0.2, 0.25) is 0 Å². The van der Waals surface area contributed by atoms with E-state index in [4.69, 9.17) is 4.74 Å². The first-order valence-electron chi connectivity index (χ1n) is 7.41. The molecule has 0 saturated heterocycles. The second-order valence-corrected chi connectivity index (χ2v) is 5.67. The molecule has 2 aromatic rings. The number of thioether (sulfide) groups is 1. The molecule has 2 N–H and O–H groups in total. The Morgan fingerprint density at radius 1 is 1.29 bits per heavy atom. The number of amides is 2. The molecule has 1 aromatic heterocycles. The van der Waals surface area contributed by atoms with Crippen molar-refractivity contribution < 1.29 is 14.3 Å². The van der Waals surface area contributed by atoms with Crippen LogP contribution in [0.15, 0.2) is 35.6 Å². The van der Waals surface area contributed by atoms with Crippen molar-refractivity contribution in [3.8, 4) is 0 Å². The lowest BCUT2D eigenvalue weighted by atomic mass is 10.2. The summed E-state index contributed by atoms with van der Waals surface area (Å²) in [6, 6.07) is 6.20. The molecule has 0 radical (unpaired) electrons. The van der Waals surface area contributed by atoms with Crippen LogP contribution in [-0.4, -0.2) is 34.4 Å². The van der Waals surface area contributed by atoms with E-state index >= 15 is 0 Å². The zero-order valence-electron chi connectivity index (χ0n) is 13.8. The Hall–Kier alpha value is -2.48. The lowest BCUT2D eigenvalue weighted by Gasteiger charge is -2.09. The average molecular weight is 348 g/mol. The summed E-state index contributed by atoms with van der Waals surface area (Å²) < 4.78 is 6.84. The molecule has 0 aliphatic carbocycles. The van der Waals surface area contributed by atoms with E-state index in [1.807, 2.05) is 17.9 Å². The van der Waals surface area contributed by atoms with E-state index < -0.39 is 0 Å². The molecule has 1 heterocycles. The van der Waals surface area contributed by atoms with Gasteiger partial charge in [-0.1, -0.05) is 11.8 Å². The van der Waals surface area contributed by atoms with Crippen molar-refractivity contribution in [3.05, 3.63) is 41.7 Å². The summed E-state index contributed by atoms with van der Waals surface area (Å²) >= 11 is 1.55. The molecule has 7 nitrogen and oxygen atoms in total. The molecular formula is C16H20N4O3S. The van der Waals surface area contributed by atoms with Crippen LogP contribution < -0.4 is 10.6 Å². The molecule has 8 heteroatoms. The lowest BCUT2D eigenvalue weighted by Crippen LogP contribution is -2.28. The molecule has 1 aromatic carbocycles. The number of anilines is 1. The van der Waals surface area contributed by atoms with Gasteiger partial charge in [0.15, 0.2) is 5.16 Å². The molecule has 128 valence electrons. The van der Waals surface area contributed by atoms with E-state index in [2.05, 4.69) is 15.6 Å². The van der Waals surface area contributed by atoms with E-state index in [-0.39, 0.29) is 12.0 Å². The van der Waals surface area contributed by atoms with E-state index in [1.165, 1.54) is 0 Å². The zero-order chi connectivity index (χ0) is 17.5. The minimum absolute atomic E-state index is 0.327. The first-order chi connectivity index (χ1) is 11.5. The molecule has 2 amide bonds. The van der Waals surface area contributed by atoms with E-state index in [0.29, 0.717) is 24.4 Å². The van der Waals surface area contributed by atoms with Crippen LogP contribution >= 0.6 is 11.8 Å². The molecule has 2 rings (SSSR count). The van der Waals surface area contributed by atoms with Gasteiger partial charge in [-0.15, -0.1) is 0 Å². The molecule has 0 saturated carbocycles. The summed E-state index contributed by atoms with van der Waals surface area (Å²) in [4.78, 5) is 27.8. The number of hydrogen-bond acceptors (Lipinski definition) is 5. The maximum absolute atomic E-state index is 11.9. The Morgan fingerprint density at radius 3 is 2.58 bits per heavy atom. The van der Waals surface area contributed by atoms with Gasteiger partial charge >= 0.3 is 12.0 Å². The van der Waals surface area contributed by atoms with Crippen LogP contribution in [0.1, 0.15) is 23.0 Å². The SMILES string of the molecule is CCOC(=O)c1ccc(NC(=O)NCc2cnc(SC)n2C)cc1. The second kappa shape index (κ2) is 8.39. The zero-order valence-corrected chi connectivity index (χ0v) is 14.6. The maximum atomic E-state index is 11.9. The Morgan fingerprint density at radius 2 is 2.00 bits per heavy atom. The summed E-state index contributed by atoms with van der Waals surface area (Å²) in [6.07, 6.45) is 3.69. The Kier molecular flexibility index (Phi) is 6.25. The number of imidazole rings is 1. The van der Waals surface area contributed by atoms with Gasteiger partial charge in [0, 0.05) is 12.7 Å². The van der Waals surface area contributed by atoms with Gasteiger partial charge in [0.1, 0.15) is 0 Å². The second-order valence-electron chi connectivity index (χ2n) is 4.90. The molecule has 0 fully saturated rings. The van der Waals surface area contributed by atoms with Crippen LogP contribution in [-0.2, 0) is 18.3 Å². The van der Waals surface area contributed by atoms with Crippen molar-refractivity contribution >= 4 is 29.4 Å². The lowest BCUT2D eigenvalue weighted by molar-refractivity contribution is 0.0526. The number of hydrogen-bond donors (Lipinski definition) is 2. The molecular weight excluding hydrogens is 328 g/mol. The maximum Gasteiger partial charge on any atom is 0.338 e. The summed E-state index contributed by atoms with van der Waals surface area (Å²) in [7, 11) is 1.90. The molecule has 0 bridgehead atoms. The minimum Gasteiger partial charge on any atom is -0.462 e. The number of benzene rings is 1. The van der Waals surface area contributed by atoms with Gasteiger partial charge in [-0.25, -0.2) is 14.6 Å². The van der Waals surface area contributed by atoms with Gasteiger partial charge in [-0.2, -0.15) is 0 Å². The highest BCUT2D eigenvalue weighted by molar-refractivity contribution is 7.98. The van der Waals surface area contributed by atoms with Crippen molar-refractivity contribution in [2.24, 2.45) is 7.05 Å².